The van der Waals surface area contributed by atoms with Gasteiger partial charge in [-0.3, -0.25) is 4.79 Å². The molecule has 0 saturated carbocycles. The van der Waals surface area contributed by atoms with Crippen LogP contribution < -0.4 is 0 Å². The van der Waals surface area contributed by atoms with E-state index in [1.807, 2.05) is 13.0 Å². The quantitative estimate of drug-likeness (QED) is 0.936. The minimum atomic E-state index is -0.252. The fourth-order valence-corrected chi connectivity index (χ4v) is 2.36. The summed E-state index contributed by atoms with van der Waals surface area (Å²) in [5.74, 6) is -0.0204. The van der Waals surface area contributed by atoms with E-state index in [2.05, 4.69) is 20.9 Å². The monoisotopic (exact) mass is 334 g/mol. The molecule has 2 rings (SSSR count). The van der Waals surface area contributed by atoms with E-state index in [-0.39, 0.29) is 17.7 Å². The van der Waals surface area contributed by atoms with Gasteiger partial charge in [0.25, 0.3) is 5.91 Å². The molecule has 1 heterocycles. The van der Waals surface area contributed by atoms with Gasteiger partial charge in [-0.2, -0.15) is 0 Å². The van der Waals surface area contributed by atoms with Crippen LogP contribution in [-0.2, 0) is 0 Å². The van der Waals surface area contributed by atoms with Gasteiger partial charge in [0, 0.05) is 23.3 Å². The first kappa shape index (κ1) is 14.5. The van der Waals surface area contributed by atoms with E-state index in [1.54, 1.807) is 48.5 Å². The highest BCUT2D eigenvalue weighted by atomic mass is 79.9. The Kier molecular flexibility index (Phi) is 4.39. The maximum Gasteiger partial charge on any atom is 0.273 e. The lowest BCUT2D eigenvalue weighted by Gasteiger charge is -2.25. The van der Waals surface area contributed by atoms with E-state index in [4.69, 9.17) is 0 Å². The van der Waals surface area contributed by atoms with Crippen molar-refractivity contribution in [2.75, 3.05) is 7.05 Å². The Balaban J connectivity index is 2.28. The maximum atomic E-state index is 12.4. The molecular formula is C15H15BrN2O2. The van der Waals surface area contributed by atoms with Gasteiger partial charge in [-0.05, 0) is 41.1 Å². The van der Waals surface area contributed by atoms with E-state index in [9.17, 15) is 9.90 Å². The molecule has 1 atom stereocenters. The standard InChI is InChI=1S/C15H15BrN2O2/c1-10(11-6-3-4-8-13(11)19)18(2)15(20)14-12(16)7-5-9-17-14/h3-10,19H,1-2H3. The number of benzene rings is 1. The van der Waals surface area contributed by atoms with E-state index in [1.165, 1.54) is 0 Å². The van der Waals surface area contributed by atoms with Gasteiger partial charge in [0.1, 0.15) is 11.4 Å². The van der Waals surface area contributed by atoms with Crippen molar-refractivity contribution in [3.05, 3.63) is 58.3 Å². The van der Waals surface area contributed by atoms with Gasteiger partial charge in [0.05, 0.1) is 6.04 Å². The number of phenols is 1. The number of carbonyl (C=O) groups excluding carboxylic acids is 1. The molecule has 0 saturated heterocycles. The zero-order valence-corrected chi connectivity index (χ0v) is 12.8. The molecule has 0 aliphatic carbocycles. The number of nitrogens with zero attached hydrogens (tertiary/aromatic N) is 2. The van der Waals surface area contributed by atoms with Crippen LogP contribution in [0, 0.1) is 0 Å². The molecule has 1 aromatic carbocycles. The smallest absolute Gasteiger partial charge is 0.273 e. The van der Waals surface area contributed by atoms with Gasteiger partial charge in [-0.25, -0.2) is 4.98 Å². The number of hydrogen-bond acceptors (Lipinski definition) is 3. The lowest BCUT2D eigenvalue weighted by Crippen LogP contribution is -2.30. The topological polar surface area (TPSA) is 53.4 Å². The lowest BCUT2D eigenvalue weighted by molar-refractivity contribution is 0.0734. The van der Waals surface area contributed by atoms with Gasteiger partial charge >= 0.3 is 0 Å². The summed E-state index contributed by atoms with van der Waals surface area (Å²) in [6.07, 6.45) is 1.58. The van der Waals surface area contributed by atoms with Crippen LogP contribution in [-0.4, -0.2) is 27.9 Å². The molecular weight excluding hydrogens is 320 g/mol. The van der Waals surface area contributed by atoms with Crippen molar-refractivity contribution in [1.29, 1.82) is 0 Å². The second kappa shape index (κ2) is 6.05. The number of hydrogen-bond donors (Lipinski definition) is 1. The molecule has 1 aromatic heterocycles. The van der Waals surface area contributed by atoms with Crippen molar-refractivity contribution >= 4 is 21.8 Å². The number of amides is 1. The number of halogens is 1. The van der Waals surface area contributed by atoms with Crippen LogP contribution in [0.15, 0.2) is 47.1 Å². The third-order valence-corrected chi connectivity index (χ3v) is 3.89. The number of para-hydroxylation sites is 1. The Morgan fingerprint density at radius 1 is 1.30 bits per heavy atom. The molecule has 2 aromatic rings. The van der Waals surface area contributed by atoms with Crippen LogP contribution in [0.1, 0.15) is 29.0 Å². The largest absolute Gasteiger partial charge is 0.508 e. The predicted octanol–water partition coefficient (Wildman–Crippen LogP) is 3.38. The molecule has 0 spiro atoms. The van der Waals surface area contributed by atoms with Gasteiger partial charge in [0.15, 0.2) is 0 Å². The van der Waals surface area contributed by atoms with Crippen molar-refractivity contribution < 1.29 is 9.90 Å². The first-order valence-electron chi connectivity index (χ1n) is 6.18. The molecule has 0 fully saturated rings. The highest BCUT2D eigenvalue weighted by Gasteiger charge is 2.23. The Morgan fingerprint density at radius 2 is 2.00 bits per heavy atom. The van der Waals surface area contributed by atoms with Crippen LogP contribution in [0.4, 0.5) is 0 Å². The highest BCUT2D eigenvalue weighted by molar-refractivity contribution is 9.10. The Labute approximate surface area is 126 Å². The zero-order chi connectivity index (χ0) is 14.7. The third-order valence-electron chi connectivity index (χ3n) is 3.25. The highest BCUT2D eigenvalue weighted by Crippen LogP contribution is 2.28. The van der Waals surface area contributed by atoms with Crippen LogP contribution in [0.2, 0.25) is 0 Å². The minimum absolute atomic E-state index is 0.180. The first-order valence-corrected chi connectivity index (χ1v) is 6.97. The van der Waals surface area contributed by atoms with Crippen molar-refractivity contribution in [2.45, 2.75) is 13.0 Å². The number of phenolic OH excluding ortho intramolecular Hbond substituents is 1. The SMILES string of the molecule is CC(c1ccccc1O)N(C)C(=O)c1ncccc1Br. The van der Waals surface area contributed by atoms with Gasteiger partial charge < -0.3 is 10.0 Å². The van der Waals surface area contributed by atoms with E-state index >= 15 is 0 Å². The molecule has 1 unspecified atom stereocenters. The fraction of sp³-hybridized carbons (Fsp3) is 0.200. The van der Waals surface area contributed by atoms with Crippen LogP contribution in [0.25, 0.3) is 0 Å². The Bertz CT molecular complexity index is 631. The number of pyridine rings is 1. The molecule has 20 heavy (non-hydrogen) atoms. The first-order chi connectivity index (χ1) is 9.52. The summed E-state index contributed by atoms with van der Waals surface area (Å²) in [5.41, 5.74) is 1.06. The van der Waals surface area contributed by atoms with Crippen LogP contribution in [0.3, 0.4) is 0 Å². The normalized spacial score (nSPS) is 11.9. The second-order valence-corrected chi connectivity index (χ2v) is 5.34. The van der Waals surface area contributed by atoms with Crippen molar-refractivity contribution in [1.82, 2.24) is 9.88 Å². The number of rotatable bonds is 3. The van der Waals surface area contributed by atoms with Crippen molar-refractivity contribution in [3.8, 4) is 5.75 Å². The molecule has 4 nitrogen and oxygen atoms in total. The van der Waals surface area contributed by atoms with E-state index < -0.39 is 0 Å². The maximum absolute atomic E-state index is 12.4. The minimum Gasteiger partial charge on any atom is -0.508 e. The molecule has 5 heteroatoms. The van der Waals surface area contributed by atoms with Crippen molar-refractivity contribution in [2.24, 2.45) is 0 Å². The fourth-order valence-electron chi connectivity index (χ4n) is 1.94. The van der Waals surface area contributed by atoms with Crippen LogP contribution >= 0.6 is 15.9 Å². The molecule has 104 valence electrons. The number of aromatic nitrogens is 1. The Morgan fingerprint density at radius 3 is 2.65 bits per heavy atom. The summed E-state index contributed by atoms with van der Waals surface area (Å²) in [6, 6.07) is 10.3. The third kappa shape index (κ3) is 2.82. The summed E-state index contributed by atoms with van der Waals surface area (Å²) in [7, 11) is 1.70. The second-order valence-electron chi connectivity index (χ2n) is 4.48. The van der Waals surface area contributed by atoms with Gasteiger partial charge in [-0.1, -0.05) is 18.2 Å². The zero-order valence-electron chi connectivity index (χ0n) is 11.2. The molecule has 0 radical (unpaired) electrons. The van der Waals surface area contributed by atoms with Gasteiger partial charge in [-0.15, -0.1) is 0 Å². The van der Waals surface area contributed by atoms with E-state index in [0.717, 1.165) is 0 Å². The molecule has 0 bridgehead atoms. The Hall–Kier alpha value is -1.88. The van der Waals surface area contributed by atoms with Gasteiger partial charge in [0.2, 0.25) is 0 Å². The van der Waals surface area contributed by atoms with Crippen LogP contribution in [0.5, 0.6) is 5.75 Å². The summed E-state index contributed by atoms with van der Waals surface area (Å²) < 4.78 is 0.654. The molecule has 0 aliphatic heterocycles. The average Bonchev–Trinajstić information content (AvgIpc) is 2.46. The summed E-state index contributed by atoms with van der Waals surface area (Å²) in [6.45, 7) is 1.86. The molecule has 1 amide bonds. The number of carbonyl (C=O) groups is 1. The summed E-state index contributed by atoms with van der Waals surface area (Å²) in [4.78, 5) is 18.1. The molecule has 0 aliphatic rings. The summed E-state index contributed by atoms with van der Waals surface area (Å²) >= 11 is 3.33. The number of aromatic hydroxyl groups is 1. The summed E-state index contributed by atoms with van der Waals surface area (Å²) in [5, 5.41) is 9.87. The predicted molar refractivity (Wildman–Crippen MR) is 80.6 cm³/mol. The van der Waals surface area contributed by atoms with E-state index in [0.29, 0.717) is 15.7 Å². The van der Waals surface area contributed by atoms with Crippen molar-refractivity contribution in [3.63, 3.8) is 0 Å². The molecule has 1 N–H and O–H groups in total. The lowest BCUT2D eigenvalue weighted by atomic mass is 10.1. The average molecular weight is 335 g/mol.